The summed E-state index contributed by atoms with van der Waals surface area (Å²) in [6.07, 6.45) is 5.85. The van der Waals surface area contributed by atoms with Gasteiger partial charge in [-0.2, -0.15) is 0 Å². The Morgan fingerprint density at radius 3 is 1.60 bits per heavy atom. The van der Waals surface area contributed by atoms with Crippen molar-refractivity contribution in [3.05, 3.63) is 72.8 Å². The number of ether oxygens (including phenoxy) is 2. The molecule has 0 unspecified atom stereocenters. The van der Waals surface area contributed by atoms with E-state index in [4.69, 9.17) is 20.9 Å². The molecule has 0 heterocycles. The number of benzene rings is 2. The van der Waals surface area contributed by atoms with Crippen molar-refractivity contribution in [1.82, 2.24) is 0 Å². The molecule has 0 spiro atoms. The Morgan fingerprint density at radius 2 is 1.20 bits per heavy atom. The summed E-state index contributed by atoms with van der Waals surface area (Å²) in [5, 5.41) is 0. The lowest BCUT2D eigenvalue weighted by molar-refractivity contribution is 0.247. The van der Waals surface area contributed by atoms with Gasteiger partial charge in [0.1, 0.15) is 11.5 Å². The summed E-state index contributed by atoms with van der Waals surface area (Å²) in [6, 6.07) is 11.5. The van der Waals surface area contributed by atoms with Gasteiger partial charge in [0.05, 0.1) is 24.6 Å². The largest absolute Gasteiger partial charge is 0.491 e. The fraction of sp³-hybridized carbons (Fsp3) is 0.238. The van der Waals surface area contributed by atoms with Gasteiger partial charge in [0.15, 0.2) is 0 Å². The molecule has 0 atom stereocenters. The number of rotatable bonds is 10. The van der Waals surface area contributed by atoms with E-state index < -0.39 is 0 Å². The highest BCUT2D eigenvalue weighted by atomic mass is 16.5. The molecule has 0 aliphatic rings. The molecule has 132 valence electrons. The van der Waals surface area contributed by atoms with Crippen LogP contribution in [0.4, 0.5) is 11.4 Å². The summed E-state index contributed by atoms with van der Waals surface area (Å²) in [5.74, 6) is 1.46. The molecule has 25 heavy (non-hydrogen) atoms. The molecule has 0 fully saturated rings. The van der Waals surface area contributed by atoms with Gasteiger partial charge in [0.25, 0.3) is 0 Å². The van der Waals surface area contributed by atoms with Crippen LogP contribution < -0.4 is 20.9 Å². The molecule has 0 amide bonds. The minimum Gasteiger partial charge on any atom is -0.491 e. The van der Waals surface area contributed by atoms with Crippen LogP contribution in [-0.4, -0.2) is 13.2 Å². The topological polar surface area (TPSA) is 70.5 Å². The summed E-state index contributed by atoms with van der Waals surface area (Å²) in [5.41, 5.74) is 15.4. The summed E-state index contributed by atoms with van der Waals surface area (Å²) < 4.78 is 11.7. The molecule has 0 radical (unpaired) electrons. The van der Waals surface area contributed by atoms with Crippen molar-refractivity contribution < 1.29 is 9.47 Å². The summed E-state index contributed by atoms with van der Waals surface area (Å²) >= 11 is 0. The Bertz CT molecular complexity index is 664. The quantitative estimate of drug-likeness (QED) is 0.388. The first-order valence-corrected chi connectivity index (χ1v) is 8.39. The number of hydrogen-bond acceptors (Lipinski definition) is 4. The molecule has 0 saturated carbocycles. The molecule has 2 aromatic carbocycles. The Morgan fingerprint density at radius 1 is 0.760 bits per heavy atom. The van der Waals surface area contributed by atoms with E-state index in [0.717, 1.165) is 41.9 Å². The number of allylic oxidation sites excluding steroid dienone is 2. The second kappa shape index (κ2) is 9.42. The van der Waals surface area contributed by atoms with Crippen LogP contribution in [0.1, 0.15) is 17.5 Å². The molecule has 0 bridgehead atoms. The van der Waals surface area contributed by atoms with E-state index in [-0.39, 0.29) is 0 Å². The minimum absolute atomic E-state index is 0.516. The van der Waals surface area contributed by atoms with E-state index in [2.05, 4.69) is 13.2 Å². The van der Waals surface area contributed by atoms with E-state index in [1.807, 2.05) is 48.6 Å². The van der Waals surface area contributed by atoms with E-state index in [0.29, 0.717) is 24.6 Å². The zero-order valence-corrected chi connectivity index (χ0v) is 14.5. The Kier molecular flexibility index (Phi) is 6.96. The van der Waals surface area contributed by atoms with Gasteiger partial charge in [-0.25, -0.2) is 0 Å². The standard InChI is InChI=1S/C21H26N2O2/c1-3-8-16-10-5-12-18(22)20(16)24-14-7-15-25-21-17(9-4-2)11-6-13-19(21)23/h3-6,10-13H,1-2,7-9,14-15,22-23H2. The van der Waals surface area contributed by atoms with E-state index in [1.54, 1.807) is 0 Å². The lowest BCUT2D eigenvalue weighted by Gasteiger charge is -2.15. The van der Waals surface area contributed by atoms with Crippen molar-refractivity contribution in [1.29, 1.82) is 0 Å². The maximum atomic E-state index is 6.01. The van der Waals surface area contributed by atoms with Crippen LogP contribution in [0, 0.1) is 0 Å². The van der Waals surface area contributed by atoms with Gasteiger partial charge in [0, 0.05) is 17.5 Å². The van der Waals surface area contributed by atoms with Crippen LogP contribution >= 0.6 is 0 Å². The predicted molar refractivity (Wildman–Crippen MR) is 105 cm³/mol. The first-order valence-electron chi connectivity index (χ1n) is 8.39. The van der Waals surface area contributed by atoms with Crippen LogP contribution in [0.2, 0.25) is 0 Å². The average molecular weight is 338 g/mol. The van der Waals surface area contributed by atoms with Gasteiger partial charge in [0.2, 0.25) is 0 Å². The van der Waals surface area contributed by atoms with Crippen molar-refractivity contribution >= 4 is 11.4 Å². The molecular formula is C21H26N2O2. The summed E-state index contributed by atoms with van der Waals surface area (Å²) in [6.45, 7) is 8.56. The van der Waals surface area contributed by atoms with Crippen LogP contribution in [0.5, 0.6) is 11.5 Å². The minimum atomic E-state index is 0.516. The number of hydrogen-bond donors (Lipinski definition) is 2. The number of para-hydroxylation sites is 2. The zero-order chi connectivity index (χ0) is 18.1. The SMILES string of the molecule is C=CCc1cccc(N)c1OCCCOc1c(N)cccc1CC=C. The summed E-state index contributed by atoms with van der Waals surface area (Å²) in [4.78, 5) is 0. The molecule has 4 heteroatoms. The number of anilines is 2. The third kappa shape index (κ3) is 5.05. The highest BCUT2D eigenvalue weighted by molar-refractivity contribution is 5.58. The predicted octanol–water partition coefficient (Wildman–Crippen LogP) is 4.16. The normalized spacial score (nSPS) is 10.2. The Labute approximate surface area is 149 Å². The van der Waals surface area contributed by atoms with Gasteiger partial charge in [-0.05, 0) is 25.0 Å². The van der Waals surface area contributed by atoms with Crippen LogP contribution in [0.3, 0.4) is 0 Å². The fourth-order valence-corrected chi connectivity index (χ4v) is 2.60. The highest BCUT2D eigenvalue weighted by Crippen LogP contribution is 2.28. The first kappa shape index (κ1) is 18.5. The van der Waals surface area contributed by atoms with Crippen LogP contribution in [0.25, 0.3) is 0 Å². The number of nitrogens with two attached hydrogens (primary N) is 2. The summed E-state index contributed by atoms with van der Waals surface area (Å²) in [7, 11) is 0. The van der Waals surface area contributed by atoms with Crippen molar-refractivity contribution in [3.8, 4) is 11.5 Å². The fourth-order valence-electron chi connectivity index (χ4n) is 2.60. The molecule has 0 aliphatic heterocycles. The molecule has 0 aliphatic carbocycles. The van der Waals surface area contributed by atoms with Gasteiger partial charge < -0.3 is 20.9 Å². The molecule has 2 rings (SSSR count). The molecule has 0 aromatic heterocycles. The van der Waals surface area contributed by atoms with Crippen LogP contribution in [0.15, 0.2) is 61.7 Å². The van der Waals surface area contributed by atoms with E-state index in [1.165, 1.54) is 0 Å². The zero-order valence-electron chi connectivity index (χ0n) is 14.5. The maximum Gasteiger partial charge on any atom is 0.145 e. The van der Waals surface area contributed by atoms with Gasteiger partial charge in [-0.3, -0.25) is 0 Å². The molecule has 0 saturated heterocycles. The monoisotopic (exact) mass is 338 g/mol. The Hall–Kier alpha value is -2.88. The molecular weight excluding hydrogens is 312 g/mol. The van der Waals surface area contributed by atoms with Gasteiger partial charge in [-0.15, -0.1) is 13.2 Å². The van der Waals surface area contributed by atoms with Gasteiger partial charge in [-0.1, -0.05) is 36.4 Å². The van der Waals surface area contributed by atoms with E-state index >= 15 is 0 Å². The maximum absolute atomic E-state index is 6.01. The van der Waals surface area contributed by atoms with Crippen molar-refractivity contribution in [3.63, 3.8) is 0 Å². The van der Waals surface area contributed by atoms with E-state index in [9.17, 15) is 0 Å². The molecule has 4 N–H and O–H groups in total. The van der Waals surface area contributed by atoms with Crippen molar-refractivity contribution in [2.24, 2.45) is 0 Å². The second-order valence-electron chi connectivity index (χ2n) is 5.71. The Balaban J connectivity index is 1.89. The third-order valence-corrected chi connectivity index (χ3v) is 3.76. The molecule has 4 nitrogen and oxygen atoms in total. The second-order valence-corrected chi connectivity index (χ2v) is 5.71. The molecule has 2 aromatic rings. The van der Waals surface area contributed by atoms with Crippen molar-refractivity contribution in [2.75, 3.05) is 24.7 Å². The average Bonchev–Trinajstić information content (AvgIpc) is 2.59. The number of nitrogen functional groups attached to an aromatic ring is 2. The lowest BCUT2D eigenvalue weighted by Crippen LogP contribution is -2.09. The first-order chi connectivity index (χ1) is 12.2. The van der Waals surface area contributed by atoms with Gasteiger partial charge >= 0.3 is 0 Å². The smallest absolute Gasteiger partial charge is 0.145 e. The lowest BCUT2D eigenvalue weighted by atomic mass is 10.1. The highest BCUT2D eigenvalue weighted by Gasteiger charge is 2.08. The van der Waals surface area contributed by atoms with Crippen LogP contribution in [-0.2, 0) is 12.8 Å². The third-order valence-electron chi connectivity index (χ3n) is 3.76. The van der Waals surface area contributed by atoms with Crippen molar-refractivity contribution in [2.45, 2.75) is 19.3 Å².